The second-order valence-corrected chi connectivity index (χ2v) is 9.32. The number of carboxylic acids is 1. The van der Waals surface area contributed by atoms with Crippen molar-refractivity contribution >= 4 is 51.2 Å². The van der Waals surface area contributed by atoms with E-state index in [1.54, 1.807) is 16.8 Å². The molecule has 5 rings (SSSR count). The van der Waals surface area contributed by atoms with Gasteiger partial charge >= 0.3 is 5.97 Å². The predicted octanol–water partition coefficient (Wildman–Crippen LogP) is 3.36. The number of benzene rings is 1. The molecule has 0 saturated heterocycles. The highest BCUT2D eigenvalue weighted by atomic mass is 32.2. The molecule has 1 aliphatic heterocycles. The topological polar surface area (TPSA) is 109 Å². The van der Waals surface area contributed by atoms with Crippen molar-refractivity contribution in [2.24, 2.45) is 4.99 Å². The molecule has 0 amide bonds. The first-order valence-electron chi connectivity index (χ1n) is 9.45. The summed E-state index contributed by atoms with van der Waals surface area (Å²) < 4.78 is 15.1. The number of nitrogens with one attached hydrogen (secondary N) is 1. The van der Waals surface area contributed by atoms with Gasteiger partial charge in [0, 0.05) is 41.0 Å². The van der Waals surface area contributed by atoms with Gasteiger partial charge in [0.05, 0.1) is 5.04 Å². The Morgan fingerprint density at radius 1 is 1.35 bits per heavy atom. The van der Waals surface area contributed by atoms with Gasteiger partial charge in [0.15, 0.2) is 5.54 Å². The zero-order valence-electron chi connectivity index (χ0n) is 16.4. The van der Waals surface area contributed by atoms with Crippen LogP contribution < -0.4 is 0 Å². The lowest BCUT2D eigenvalue weighted by atomic mass is 9.96. The van der Waals surface area contributed by atoms with Crippen LogP contribution >= 0.6 is 23.5 Å². The summed E-state index contributed by atoms with van der Waals surface area (Å²) in [4.78, 5) is 28.5. The fourth-order valence-electron chi connectivity index (χ4n) is 3.46. The molecule has 0 spiro atoms. The molecule has 11 heteroatoms. The third kappa shape index (κ3) is 3.90. The zero-order chi connectivity index (χ0) is 21.6. The maximum absolute atomic E-state index is 13.5. The van der Waals surface area contributed by atoms with E-state index >= 15 is 0 Å². The molecular formula is C20H17FN6O2S2. The highest BCUT2D eigenvalue weighted by Gasteiger charge is 2.43. The van der Waals surface area contributed by atoms with Crippen LogP contribution in [0.4, 0.5) is 4.39 Å². The molecule has 1 aliphatic rings. The third-order valence-corrected chi connectivity index (χ3v) is 7.21. The van der Waals surface area contributed by atoms with E-state index in [4.69, 9.17) is 0 Å². The van der Waals surface area contributed by atoms with E-state index in [-0.39, 0.29) is 12.2 Å². The Hall–Kier alpha value is -2.92. The number of aliphatic imine (C=N–C) groups is 1. The van der Waals surface area contributed by atoms with E-state index in [1.807, 2.05) is 19.1 Å². The van der Waals surface area contributed by atoms with Crippen molar-refractivity contribution < 1.29 is 14.3 Å². The van der Waals surface area contributed by atoms with Crippen LogP contribution in [0.3, 0.4) is 0 Å². The number of hydrogen-bond donors (Lipinski definition) is 2. The minimum Gasteiger partial charge on any atom is -0.479 e. The van der Waals surface area contributed by atoms with E-state index < -0.39 is 11.5 Å². The van der Waals surface area contributed by atoms with Crippen molar-refractivity contribution in [2.75, 3.05) is 11.5 Å². The van der Waals surface area contributed by atoms with Crippen LogP contribution in [-0.4, -0.2) is 57.7 Å². The lowest BCUT2D eigenvalue weighted by Crippen LogP contribution is -2.39. The normalized spacial score (nSPS) is 18.7. The summed E-state index contributed by atoms with van der Waals surface area (Å²) in [5.41, 5.74) is 0.955. The van der Waals surface area contributed by atoms with Gasteiger partial charge in [-0.3, -0.25) is 4.99 Å². The van der Waals surface area contributed by atoms with Gasteiger partial charge in [0.2, 0.25) is 5.16 Å². The van der Waals surface area contributed by atoms with Crippen LogP contribution in [0.1, 0.15) is 11.4 Å². The molecule has 1 unspecified atom stereocenters. The lowest BCUT2D eigenvalue weighted by molar-refractivity contribution is -0.142. The van der Waals surface area contributed by atoms with Gasteiger partial charge in [-0.1, -0.05) is 11.8 Å². The number of hydrogen-bond acceptors (Lipinski definition) is 7. The molecule has 31 heavy (non-hydrogen) atoms. The SMILES string of the molecule is Cc1ccn2nc(SCC3=NC(Cc4cc5ccc(F)cc5[nH]4)(C(=O)O)CS3)nc2n1. The van der Waals surface area contributed by atoms with Gasteiger partial charge < -0.3 is 10.1 Å². The Kier molecular flexibility index (Phi) is 4.94. The molecule has 0 bridgehead atoms. The van der Waals surface area contributed by atoms with Crippen molar-refractivity contribution in [1.82, 2.24) is 24.6 Å². The van der Waals surface area contributed by atoms with Crippen LogP contribution in [0.15, 0.2) is 46.7 Å². The zero-order valence-corrected chi connectivity index (χ0v) is 18.0. The second kappa shape index (κ2) is 7.65. The molecule has 0 aliphatic carbocycles. The molecule has 1 aromatic carbocycles. The first kappa shape index (κ1) is 20.0. The molecule has 1 atom stereocenters. The number of carbonyl (C=O) groups is 1. The molecule has 8 nitrogen and oxygen atoms in total. The number of aliphatic carboxylic acids is 1. The van der Waals surface area contributed by atoms with Crippen LogP contribution in [-0.2, 0) is 11.2 Å². The molecule has 4 heterocycles. The Morgan fingerprint density at radius 2 is 2.23 bits per heavy atom. The quantitative estimate of drug-likeness (QED) is 0.428. The summed E-state index contributed by atoms with van der Waals surface area (Å²) >= 11 is 2.83. The number of fused-ring (bicyclic) bond motifs is 2. The Morgan fingerprint density at radius 3 is 3.06 bits per heavy atom. The van der Waals surface area contributed by atoms with E-state index in [2.05, 4.69) is 25.0 Å². The monoisotopic (exact) mass is 456 g/mol. The fourth-order valence-corrected chi connectivity index (χ4v) is 5.51. The average molecular weight is 457 g/mol. The second-order valence-electron chi connectivity index (χ2n) is 7.33. The number of nitrogens with zero attached hydrogens (tertiary/aromatic N) is 5. The summed E-state index contributed by atoms with van der Waals surface area (Å²) in [6, 6.07) is 8.16. The molecule has 158 valence electrons. The van der Waals surface area contributed by atoms with Crippen LogP contribution in [0.5, 0.6) is 0 Å². The number of H-pyrrole nitrogens is 1. The number of rotatable bonds is 6. The van der Waals surface area contributed by atoms with E-state index in [1.165, 1.54) is 35.7 Å². The van der Waals surface area contributed by atoms with Crippen molar-refractivity contribution in [1.29, 1.82) is 0 Å². The third-order valence-electron chi connectivity index (χ3n) is 4.99. The minimum absolute atomic E-state index is 0.204. The molecule has 4 aromatic rings. The average Bonchev–Trinajstić information content (AvgIpc) is 3.42. The first-order chi connectivity index (χ1) is 14.9. The lowest BCUT2D eigenvalue weighted by Gasteiger charge is -2.19. The van der Waals surface area contributed by atoms with Gasteiger partial charge in [0.1, 0.15) is 5.82 Å². The highest BCUT2D eigenvalue weighted by Crippen LogP contribution is 2.34. The molecule has 3 aromatic heterocycles. The van der Waals surface area contributed by atoms with E-state index in [9.17, 15) is 14.3 Å². The van der Waals surface area contributed by atoms with Crippen molar-refractivity contribution in [2.45, 2.75) is 24.0 Å². The van der Waals surface area contributed by atoms with Crippen molar-refractivity contribution in [3.63, 3.8) is 0 Å². The summed E-state index contributed by atoms with van der Waals surface area (Å²) in [7, 11) is 0. The number of aromatic amines is 1. The Balaban J connectivity index is 1.34. The molecular weight excluding hydrogens is 439 g/mol. The minimum atomic E-state index is -1.26. The van der Waals surface area contributed by atoms with Crippen LogP contribution in [0.2, 0.25) is 0 Å². The van der Waals surface area contributed by atoms with Crippen LogP contribution in [0.25, 0.3) is 16.7 Å². The number of aryl methyl sites for hydroxylation is 1. The molecule has 2 N–H and O–H groups in total. The van der Waals surface area contributed by atoms with Gasteiger partial charge in [-0.25, -0.2) is 18.7 Å². The maximum Gasteiger partial charge on any atom is 0.332 e. The Labute approximate surface area is 184 Å². The van der Waals surface area contributed by atoms with E-state index in [0.29, 0.717) is 33.7 Å². The summed E-state index contributed by atoms with van der Waals surface area (Å²) in [5, 5.41) is 16.4. The van der Waals surface area contributed by atoms with Gasteiger partial charge in [-0.05, 0) is 42.6 Å². The predicted molar refractivity (Wildman–Crippen MR) is 118 cm³/mol. The standard InChI is InChI=1S/C20H17FN6O2S2/c1-11-4-5-27-18(22-11)24-19(26-27)30-9-16-25-20(10-31-16,17(28)29)8-14-6-12-2-3-13(21)7-15(12)23-14/h2-7,23H,8-10H2,1H3,(H,28,29). The fraction of sp³-hybridized carbons (Fsp3) is 0.250. The largest absolute Gasteiger partial charge is 0.479 e. The number of aromatic nitrogens is 5. The van der Waals surface area contributed by atoms with E-state index in [0.717, 1.165) is 16.1 Å². The summed E-state index contributed by atoms with van der Waals surface area (Å²) in [6.45, 7) is 1.89. The van der Waals surface area contributed by atoms with Crippen LogP contribution in [0, 0.1) is 12.7 Å². The molecule has 0 radical (unpaired) electrons. The summed E-state index contributed by atoms with van der Waals surface area (Å²) in [6.07, 6.45) is 2.01. The van der Waals surface area contributed by atoms with Gasteiger partial charge in [0.25, 0.3) is 5.78 Å². The molecule has 0 fully saturated rings. The van der Waals surface area contributed by atoms with Crippen molar-refractivity contribution in [3.05, 3.63) is 53.7 Å². The summed E-state index contributed by atoms with van der Waals surface area (Å²) in [5.74, 6) is 0.0249. The number of thioether (sulfide) groups is 2. The van der Waals surface area contributed by atoms with Gasteiger partial charge in [-0.15, -0.1) is 16.9 Å². The van der Waals surface area contributed by atoms with Crippen molar-refractivity contribution in [3.8, 4) is 0 Å². The Bertz CT molecular complexity index is 1350. The maximum atomic E-state index is 13.5. The number of halogens is 1. The molecule has 0 saturated carbocycles. The smallest absolute Gasteiger partial charge is 0.332 e. The highest BCUT2D eigenvalue weighted by molar-refractivity contribution is 8.16. The van der Waals surface area contributed by atoms with Gasteiger partial charge in [-0.2, -0.15) is 4.98 Å². The number of carboxylic acid groups (broad SMARTS) is 1. The first-order valence-corrected chi connectivity index (χ1v) is 11.4.